The van der Waals surface area contributed by atoms with Gasteiger partial charge in [0.15, 0.2) is 0 Å². The topological polar surface area (TPSA) is 57.6 Å². The van der Waals surface area contributed by atoms with E-state index >= 15 is 0 Å². The highest BCUT2D eigenvalue weighted by Gasteiger charge is 2.39. The van der Waals surface area contributed by atoms with Gasteiger partial charge in [-0.05, 0) is 31.6 Å². The number of hydrogen-bond acceptors (Lipinski definition) is 2. The Morgan fingerprint density at radius 3 is 2.47 bits per heavy atom. The number of carbonyl (C=O) groups is 2. The fourth-order valence-electron chi connectivity index (χ4n) is 2.80. The predicted octanol–water partition coefficient (Wildman–Crippen LogP) is 1.89. The van der Waals surface area contributed by atoms with Crippen LogP contribution in [0, 0.1) is 11.8 Å². The summed E-state index contributed by atoms with van der Waals surface area (Å²) >= 11 is 0. The predicted molar refractivity (Wildman–Crippen MR) is 63.5 cm³/mol. The molecule has 1 saturated heterocycles. The molecule has 96 valence electrons. The van der Waals surface area contributed by atoms with Gasteiger partial charge in [-0.3, -0.25) is 4.79 Å². The molecule has 2 fully saturated rings. The lowest BCUT2D eigenvalue weighted by Crippen LogP contribution is -2.52. The summed E-state index contributed by atoms with van der Waals surface area (Å²) in [5, 5.41) is 9.25. The maximum absolute atomic E-state index is 12.2. The quantitative estimate of drug-likeness (QED) is 0.818. The minimum Gasteiger partial charge on any atom is -0.480 e. The number of likely N-dealkylation sites (tertiary alicyclic amines) is 1. The van der Waals surface area contributed by atoms with E-state index in [1.807, 2.05) is 0 Å². The van der Waals surface area contributed by atoms with Crippen molar-refractivity contribution in [1.29, 1.82) is 0 Å². The fourth-order valence-corrected chi connectivity index (χ4v) is 2.80. The molecule has 2 unspecified atom stereocenters. The second kappa shape index (κ2) is 5.07. The molecule has 4 nitrogen and oxygen atoms in total. The molecule has 1 aliphatic carbocycles. The molecule has 2 atom stereocenters. The Hall–Kier alpha value is -1.06. The molecule has 0 bridgehead atoms. The van der Waals surface area contributed by atoms with Gasteiger partial charge in [0, 0.05) is 12.5 Å². The number of carboxylic acids is 1. The first-order chi connectivity index (χ1) is 8.13. The SMILES string of the molecule is CCC1CCN(C(=O)C2CCC2)C(C(=O)O)C1. The smallest absolute Gasteiger partial charge is 0.326 e. The Bertz CT molecular complexity index is 312. The first-order valence-corrected chi connectivity index (χ1v) is 6.66. The summed E-state index contributed by atoms with van der Waals surface area (Å²) in [5.74, 6) is -0.189. The van der Waals surface area contributed by atoms with Gasteiger partial charge in [0.1, 0.15) is 6.04 Å². The average Bonchev–Trinajstić information content (AvgIpc) is 2.25. The molecule has 1 amide bonds. The van der Waals surface area contributed by atoms with Crippen molar-refractivity contribution in [2.45, 2.75) is 51.5 Å². The maximum Gasteiger partial charge on any atom is 0.326 e. The van der Waals surface area contributed by atoms with Gasteiger partial charge >= 0.3 is 5.97 Å². The molecular weight excluding hydrogens is 218 g/mol. The zero-order valence-corrected chi connectivity index (χ0v) is 10.4. The van der Waals surface area contributed by atoms with E-state index in [2.05, 4.69) is 6.92 Å². The van der Waals surface area contributed by atoms with Crippen molar-refractivity contribution in [2.24, 2.45) is 11.8 Å². The van der Waals surface area contributed by atoms with Gasteiger partial charge < -0.3 is 10.0 Å². The van der Waals surface area contributed by atoms with Crippen LogP contribution in [-0.2, 0) is 9.59 Å². The van der Waals surface area contributed by atoms with Crippen LogP contribution >= 0.6 is 0 Å². The summed E-state index contributed by atoms with van der Waals surface area (Å²) in [7, 11) is 0. The van der Waals surface area contributed by atoms with Crippen LogP contribution in [0.15, 0.2) is 0 Å². The number of hydrogen-bond donors (Lipinski definition) is 1. The normalized spacial score (nSPS) is 29.8. The van der Waals surface area contributed by atoms with Gasteiger partial charge in [-0.1, -0.05) is 19.8 Å². The second-order valence-electron chi connectivity index (χ2n) is 5.31. The lowest BCUT2D eigenvalue weighted by molar-refractivity contribution is -0.156. The van der Waals surface area contributed by atoms with Gasteiger partial charge in [0.25, 0.3) is 0 Å². The molecule has 0 radical (unpaired) electrons. The summed E-state index contributed by atoms with van der Waals surface area (Å²) in [5.41, 5.74) is 0. The third-order valence-corrected chi connectivity index (χ3v) is 4.31. The molecule has 0 aromatic heterocycles. The van der Waals surface area contributed by atoms with Crippen molar-refractivity contribution in [3.05, 3.63) is 0 Å². The van der Waals surface area contributed by atoms with E-state index in [1.165, 1.54) is 0 Å². The number of rotatable bonds is 3. The van der Waals surface area contributed by atoms with E-state index in [9.17, 15) is 14.7 Å². The van der Waals surface area contributed by atoms with E-state index in [-0.39, 0.29) is 11.8 Å². The fraction of sp³-hybridized carbons (Fsp3) is 0.846. The van der Waals surface area contributed by atoms with Crippen molar-refractivity contribution < 1.29 is 14.7 Å². The third kappa shape index (κ3) is 2.45. The highest BCUT2D eigenvalue weighted by atomic mass is 16.4. The number of nitrogens with zero attached hydrogens (tertiary/aromatic N) is 1. The minimum absolute atomic E-state index is 0.0817. The van der Waals surface area contributed by atoms with Crippen LogP contribution in [0.25, 0.3) is 0 Å². The zero-order valence-electron chi connectivity index (χ0n) is 10.4. The first kappa shape index (κ1) is 12.4. The molecule has 2 aliphatic rings. The van der Waals surface area contributed by atoms with Gasteiger partial charge in [-0.15, -0.1) is 0 Å². The summed E-state index contributed by atoms with van der Waals surface area (Å²) in [6.45, 7) is 2.72. The molecule has 2 rings (SSSR count). The van der Waals surface area contributed by atoms with Gasteiger partial charge in [0.05, 0.1) is 0 Å². The zero-order chi connectivity index (χ0) is 12.4. The Morgan fingerprint density at radius 1 is 1.29 bits per heavy atom. The molecule has 4 heteroatoms. The molecule has 1 N–H and O–H groups in total. The first-order valence-electron chi connectivity index (χ1n) is 6.66. The average molecular weight is 239 g/mol. The van der Waals surface area contributed by atoms with Crippen LogP contribution in [0.5, 0.6) is 0 Å². The molecule has 0 aromatic rings. The second-order valence-corrected chi connectivity index (χ2v) is 5.31. The molecule has 1 heterocycles. The largest absolute Gasteiger partial charge is 0.480 e. The van der Waals surface area contributed by atoms with E-state index < -0.39 is 12.0 Å². The summed E-state index contributed by atoms with van der Waals surface area (Å²) in [4.78, 5) is 25.0. The van der Waals surface area contributed by atoms with Gasteiger partial charge in [-0.2, -0.15) is 0 Å². The molecule has 1 saturated carbocycles. The van der Waals surface area contributed by atoms with Gasteiger partial charge in [-0.25, -0.2) is 4.79 Å². The monoisotopic (exact) mass is 239 g/mol. The Morgan fingerprint density at radius 2 is 2.00 bits per heavy atom. The highest BCUT2D eigenvalue weighted by molar-refractivity contribution is 5.85. The van der Waals surface area contributed by atoms with Crippen molar-refractivity contribution in [2.75, 3.05) is 6.54 Å². The van der Waals surface area contributed by atoms with Crippen LogP contribution in [-0.4, -0.2) is 34.5 Å². The van der Waals surface area contributed by atoms with E-state index in [0.717, 1.165) is 32.1 Å². The van der Waals surface area contributed by atoms with Crippen LogP contribution < -0.4 is 0 Å². The number of aliphatic carboxylic acids is 1. The standard InChI is InChI=1S/C13H21NO3/c1-2-9-6-7-14(11(8-9)13(16)17)12(15)10-4-3-5-10/h9-11H,2-8H2,1H3,(H,16,17). The number of piperidine rings is 1. The van der Waals surface area contributed by atoms with Gasteiger partial charge in [0.2, 0.25) is 5.91 Å². The number of amides is 1. The van der Waals surface area contributed by atoms with Crippen molar-refractivity contribution in [1.82, 2.24) is 4.90 Å². The maximum atomic E-state index is 12.2. The van der Waals surface area contributed by atoms with Crippen LogP contribution in [0.4, 0.5) is 0 Å². The highest BCUT2D eigenvalue weighted by Crippen LogP contribution is 2.32. The molecule has 1 aliphatic heterocycles. The summed E-state index contributed by atoms with van der Waals surface area (Å²) in [6.07, 6.45) is 5.59. The Kier molecular flexibility index (Phi) is 3.69. The number of carbonyl (C=O) groups excluding carboxylic acids is 1. The third-order valence-electron chi connectivity index (χ3n) is 4.31. The Labute approximate surface area is 102 Å². The van der Waals surface area contributed by atoms with Crippen LogP contribution in [0.3, 0.4) is 0 Å². The molecule has 0 aromatic carbocycles. The number of carboxylic acid groups (broad SMARTS) is 1. The van der Waals surface area contributed by atoms with Crippen LogP contribution in [0.1, 0.15) is 45.4 Å². The van der Waals surface area contributed by atoms with Crippen molar-refractivity contribution >= 4 is 11.9 Å². The van der Waals surface area contributed by atoms with Crippen molar-refractivity contribution in [3.63, 3.8) is 0 Å². The molecule has 17 heavy (non-hydrogen) atoms. The lowest BCUT2D eigenvalue weighted by atomic mass is 9.82. The van der Waals surface area contributed by atoms with E-state index in [4.69, 9.17) is 0 Å². The Balaban J connectivity index is 2.04. The van der Waals surface area contributed by atoms with Crippen molar-refractivity contribution in [3.8, 4) is 0 Å². The van der Waals surface area contributed by atoms with E-state index in [1.54, 1.807) is 4.90 Å². The lowest BCUT2D eigenvalue weighted by Gasteiger charge is -2.40. The summed E-state index contributed by atoms with van der Waals surface area (Å²) < 4.78 is 0. The van der Waals surface area contributed by atoms with Crippen LogP contribution in [0.2, 0.25) is 0 Å². The molecular formula is C13H21NO3. The minimum atomic E-state index is -0.837. The summed E-state index contributed by atoms with van der Waals surface area (Å²) in [6, 6.07) is -0.582. The van der Waals surface area contributed by atoms with E-state index in [0.29, 0.717) is 18.9 Å². The molecule has 0 spiro atoms.